The molecule has 0 saturated carbocycles. The Balaban J connectivity index is 2.38. The third-order valence-corrected chi connectivity index (χ3v) is 3.64. The number of methoxy groups -OCH3 is 1. The molecule has 0 spiro atoms. The zero-order chi connectivity index (χ0) is 13.7. The molecule has 3 N–H and O–H groups in total. The van der Waals surface area contributed by atoms with E-state index in [1.165, 1.54) is 18.9 Å². The molecule has 2 rings (SSSR count). The van der Waals surface area contributed by atoms with Gasteiger partial charge in [0.1, 0.15) is 11.6 Å². The maximum absolute atomic E-state index is 14.1. The van der Waals surface area contributed by atoms with Crippen LogP contribution in [0.4, 0.5) is 4.39 Å². The maximum Gasteiger partial charge on any atom is 0.132 e. The van der Waals surface area contributed by atoms with Crippen molar-refractivity contribution in [1.29, 1.82) is 0 Å². The first-order chi connectivity index (χ1) is 9.27. The fraction of sp³-hybridized carbons (Fsp3) is 0.467. The van der Waals surface area contributed by atoms with E-state index in [-0.39, 0.29) is 11.9 Å². The van der Waals surface area contributed by atoms with E-state index in [1.807, 2.05) is 0 Å². The smallest absolute Gasteiger partial charge is 0.132 e. The standard InChI is InChI=1S/C15H21FN2O/c1-19-13-10-6-9-12(16)14(13)15(18-17)11-7-4-2-3-5-8-11/h6-7,9-10,15,18H,2-5,8,17H2,1H3. The van der Waals surface area contributed by atoms with Crippen LogP contribution in [-0.4, -0.2) is 7.11 Å². The molecule has 1 aromatic carbocycles. The molecule has 3 nitrogen and oxygen atoms in total. The molecule has 104 valence electrons. The lowest BCUT2D eigenvalue weighted by atomic mass is 9.94. The lowest BCUT2D eigenvalue weighted by molar-refractivity contribution is 0.395. The Morgan fingerprint density at radius 2 is 2.16 bits per heavy atom. The van der Waals surface area contributed by atoms with Gasteiger partial charge in [-0.15, -0.1) is 0 Å². The van der Waals surface area contributed by atoms with Crippen LogP contribution in [0.15, 0.2) is 29.8 Å². The minimum absolute atomic E-state index is 0.285. The van der Waals surface area contributed by atoms with Gasteiger partial charge in [0.2, 0.25) is 0 Å². The van der Waals surface area contributed by atoms with E-state index in [2.05, 4.69) is 11.5 Å². The molecule has 4 heteroatoms. The summed E-state index contributed by atoms with van der Waals surface area (Å²) < 4.78 is 19.4. The van der Waals surface area contributed by atoms with Gasteiger partial charge in [-0.1, -0.05) is 24.1 Å². The molecule has 0 heterocycles. The minimum Gasteiger partial charge on any atom is -0.496 e. The Kier molecular flexibility index (Phi) is 4.93. The molecule has 0 aliphatic heterocycles. The Morgan fingerprint density at radius 3 is 2.89 bits per heavy atom. The topological polar surface area (TPSA) is 47.3 Å². The lowest BCUT2D eigenvalue weighted by Gasteiger charge is -2.22. The molecular formula is C15H21FN2O. The molecule has 1 aliphatic rings. The average molecular weight is 264 g/mol. The first-order valence-electron chi connectivity index (χ1n) is 6.75. The van der Waals surface area contributed by atoms with Crippen molar-refractivity contribution in [2.75, 3.05) is 7.11 Å². The molecule has 0 aromatic heterocycles. The Labute approximate surface area is 113 Å². The summed E-state index contributed by atoms with van der Waals surface area (Å²) >= 11 is 0. The molecule has 0 saturated heterocycles. The predicted octanol–water partition coefficient (Wildman–Crippen LogP) is 3.23. The van der Waals surface area contributed by atoms with E-state index >= 15 is 0 Å². The van der Waals surface area contributed by atoms with Crippen LogP contribution < -0.4 is 16.0 Å². The van der Waals surface area contributed by atoms with Crippen molar-refractivity contribution in [1.82, 2.24) is 5.43 Å². The summed E-state index contributed by atoms with van der Waals surface area (Å²) in [6, 6.07) is 4.54. The van der Waals surface area contributed by atoms with Gasteiger partial charge in [-0.25, -0.2) is 9.82 Å². The predicted molar refractivity (Wildman–Crippen MR) is 74.2 cm³/mol. The Morgan fingerprint density at radius 1 is 1.32 bits per heavy atom. The number of rotatable bonds is 4. The van der Waals surface area contributed by atoms with Gasteiger partial charge >= 0.3 is 0 Å². The Bertz CT molecular complexity index is 459. The number of halogens is 1. The quantitative estimate of drug-likeness (QED) is 0.498. The van der Waals surface area contributed by atoms with Crippen molar-refractivity contribution >= 4 is 0 Å². The molecule has 1 unspecified atom stereocenters. The molecule has 1 aromatic rings. The molecule has 1 aliphatic carbocycles. The van der Waals surface area contributed by atoms with Crippen LogP contribution in [0.25, 0.3) is 0 Å². The molecule has 0 bridgehead atoms. The van der Waals surface area contributed by atoms with Gasteiger partial charge in [0.15, 0.2) is 0 Å². The summed E-state index contributed by atoms with van der Waals surface area (Å²) in [5, 5.41) is 0. The number of benzene rings is 1. The third kappa shape index (κ3) is 3.14. The summed E-state index contributed by atoms with van der Waals surface area (Å²) in [7, 11) is 1.55. The fourth-order valence-corrected chi connectivity index (χ4v) is 2.65. The van der Waals surface area contributed by atoms with Gasteiger partial charge < -0.3 is 4.74 Å². The second-order valence-corrected chi connectivity index (χ2v) is 4.83. The SMILES string of the molecule is COc1cccc(F)c1C(NN)C1=CCCCCC1. The van der Waals surface area contributed by atoms with Crippen molar-refractivity contribution in [3.8, 4) is 5.75 Å². The van der Waals surface area contributed by atoms with Crippen LogP contribution >= 0.6 is 0 Å². The summed E-state index contributed by atoms with van der Waals surface area (Å²) in [5.41, 5.74) is 4.40. The summed E-state index contributed by atoms with van der Waals surface area (Å²) in [6.45, 7) is 0. The maximum atomic E-state index is 14.1. The van der Waals surface area contributed by atoms with Crippen LogP contribution in [0.3, 0.4) is 0 Å². The first kappa shape index (κ1) is 14.0. The zero-order valence-electron chi connectivity index (χ0n) is 11.3. The van der Waals surface area contributed by atoms with E-state index < -0.39 is 0 Å². The zero-order valence-corrected chi connectivity index (χ0v) is 11.3. The van der Waals surface area contributed by atoms with Gasteiger partial charge in [-0.05, 0) is 37.8 Å². The largest absolute Gasteiger partial charge is 0.496 e. The minimum atomic E-state index is -0.311. The highest BCUT2D eigenvalue weighted by molar-refractivity contribution is 5.41. The molecular weight excluding hydrogens is 243 g/mol. The number of hydrogen-bond donors (Lipinski definition) is 2. The van der Waals surface area contributed by atoms with Crippen LogP contribution in [0.5, 0.6) is 5.75 Å². The number of hydrogen-bond acceptors (Lipinski definition) is 3. The Hall–Kier alpha value is -1.39. The van der Waals surface area contributed by atoms with E-state index in [0.29, 0.717) is 11.3 Å². The highest BCUT2D eigenvalue weighted by atomic mass is 19.1. The fourth-order valence-electron chi connectivity index (χ4n) is 2.65. The van der Waals surface area contributed by atoms with E-state index in [1.54, 1.807) is 19.2 Å². The summed E-state index contributed by atoms with van der Waals surface area (Å²) in [5.74, 6) is 5.92. The highest BCUT2D eigenvalue weighted by Gasteiger charge is 2.23. The van der Waals surface area contributed by atoms with E-state index in [9.17, 15) is 4.39 Å². The van der Waals surface area contributed by atoms with Crippen molar-refractivity contribution in [2.45, 2.75) is 38.1 Å². The van der Waals surface area contributed by atoms with Crippen molar-refractivity contribution in [2.24, 2.45) is 5.84 Å². The number of ether oxygens (including phenoxy) is 1. The third-order valence-electron chi connectivity index (χ3n) is 3.64. The number of nitrogens with two attached hydrogens (primary N) is 1. The van der Waals surface area contributed by atoms with E-state index in [4.69, 9.17) is 10.6 Å². The van der Waals surface area contributed by atoms with Crippen LogP contribution in [-0.2, 0) is 0 Å². The average Bonchev–Trinajstić information content (AvgIpc) is 2.70. The second-order valence-electron chi connectivity index (χ2n) is 4.83. The van der Waals surface area contributed by atoms with Crippen molar-refractivity contribution < 1.29 is 9.13 Å². The lowest BCUT2D eigenvalue weighted by Crippen LogP contribution is -2.30. The van der Waals surface area contributed by atoms with Gasteiger partial charge in [-0.2, -0.15) is 0 Å². The summed E-state index contributed by atoms with van der Waals surface area (Å²) in [6.07, 6.45) is 7.70. The van der Waals surface area contributed by atoms with Gasteiger partial charge in [0.25, 0.3) is 0 Å². The summed E-state index contributed by atoms with van der Waals surface area (Å²) in [4.78, 5) is 0. The number of allylic oxidation sites excluding steroid dienone is 1. The second kappa shape index (κ2) is 6.68. The van der Waals surface area contributed by atoms with Gasteiger partial charge in [0, 0.05) is 0 Å². The monoisotopic (exact) mass is 264 g/mol. The van der Waals surface area contributed by atoms with Crippen molar-refractivity contribution in [3.63, 3.8) is 0 Å². The number of nitrogens with one attached hydrogen (secondary N) is 1. The van der Waals surface area contributed by atoms with Gasteiger partial charge in [-0.3, -0.25) is 5.84 Å². The van der Waals surface area contributed by atoms with Crippen LogP contribution in [0, 0.1) is 5.82 Å². The van der Waals surface area contributed by atoms with E-state index in [0.717, 1.165) is 24.8 Å². The highest BCUT2D eigenvalue weighted by Crippen LogP contribution is 2.35. The van der Waals surface area contributed by atoms with Crippen molar-refractivity contribution in [3.05, 3.63) is 41.2 Å². The molecule has 0 fully saturated rings. The van der Waals surface area contributed by atoms with Crippen LogP contribution in [0.2, 0.25) is 0 Å². The normalized spacial score (nSPS) is 17.5. The van der Waals surface area contributed by atoms with Gasteiger partial charge in [0.05, 0.1) is 18.7 Å². The number of hydrazine groups is 1. The van der Waals surface area contributed by atoms with Crippen LogP contribution in [0.1, 0.15) is 43.7 Å². The molecule has 1 atom stereocenters. The molecule has 19 heavy (non-hydrogen) atoms. The molecule has 0 radical (unpaired) electrons. The first-order valence-corrected chi connectivity index (χ1v) is 6.75. The molecule has 0 amide bonds.